The highest BCUT2D eigenvalue weighted by atomic mass is 19.4. The highest BCUT2D eigenvalue weighted by Gasteiger charge is 2.33. The molecule has 1 aromatic rings. The first-order chi connectivity index (χ1) is 11.9. The first-order valence-corrected chi connectivity index (χ1v) is 8.85. The van der Waals surface area contributed by atoms with Gasteiger partial charge < -0.3 is 10.6 Å². The minimum Gasteiger partial charge on any atom is -0.356 e. The second-order valence-electron chi connectivity index (χ2n) is 6.84. The van der Waals surface area contributed by atoms with Crippen LogP contribution < -0.4 is 10.6 Å². The molecule has 1 fully saturated rings. The topological polar surface area (TPSA) is 39.7 Å². The van der Waals surface area contributed by atoms with E-state index in [1.807, 2.05) is 7.05 Å². The van der Waals surface area contributed by atoms with Crippen molar-refractivity contribution in [3.8, 4) is 0 Å². The highest BCUT2D eigenvalue weighted by molar-refractivity contribution is 5.80. The van der Waals surface area contributed by atoms with Gasteiger partial charge in [-0.05, 0) is 56.5 Å². The molecular weight excluding hydrogens is 329 g/mol. The molecule has 2 atom stereocenters. The highest BCUT2D eigenvalue weighted by Crippen LogP contribution is 2.36. The quantitative estimate of drug-likeness (QED) is 0.877. The molecule has 0 aliphatic carbocycles. The zero-order valence-corrected chi connectivity index (χ0v) is 14.4. The molecule has 25 heavy (non-hydrogen) atoms. The standard InChI is InChI=1S/C18H25F3N4/c1-25-11-2-4-14(12-24-17-22-9-3-10-23-17)16(25)13-5-7-15(8-6-13)18(19,20)21/h5-8,14,16H,2-4,9-12H2,1H3,(H2,22,23,24). The van der Waals surface area contributed by atoms with E-state index in [1.165, 1.54) is 12.1 Å². The molecule has 1 saturated heterocycles. The third kappa shape index (κ3) is 4.45. The van der Waals surface area contributed by atoms with Gasteiger partial charge in [-0.2, -0.15) is 13.2 Å². The van der Waals surface area contributed by atoms with E-state index >= 15 is 0 Å². The number of hydrogen-bond acceptors (Lipinski definition) is 4. The Morgan fingerprint density at radius 3 is 2.64 bits per heavy atom. The summed E-state index contributed by atoms with van der Waals surface area (Å²) >= 11 is 0. The van der Waals surface area contributed by atoms with Crippen molar-refractivity contribution in [2.24, 2.45) is 10.9 Å². The fourth-order valence-electron chi connectivity index (χ4n) is 3.75. The molecule has 0 bridgehead atoms. The molecule has 1 aromatic carbocycles. The maximum atomic E-state index is 12.8. The minimum atomic E-state index is -4.29. The normalized spacial score (nSPS) is 25.2. The van der Waals surface area contributed by atoms with E-state index in [0.29, 0.717) is 5.92 Å². The number of nitrogens with zero attached hydrogens (tertiary/aromatic N) is 2. The molecule has 4 nitrogen and oxygen atoms in total. The van der Waals surface area contributed by atoms with Crippen molar-refractivity contribution in [2.75, 3.05) is 33.2 Å². The van der Waals surface area contributed by atoms with Crippen LogP contribution in [0.3, 0.4) is 0 Å². The number of benzene rings is 1. The Hall–Kier alpha value is -1.76. The lowest BCUT2D eigenvalue weighted by atomic mass is 9.84. The number of nitrogens with one attached hydrogen (secondary N) is 2. The Balaban J connectivity index is 1.72. The zero-order valence-electron chi connectivity index (χ0n) is 14.4. The number of halogens is 3. The number of hydrogen-bond donors (Lipinski definition) is 2. The van der Waals surface area contributed by atoms with Gasteiger partial charge in [0.15, 0.2) is 5.96 Å². The molecule has 138 valence electrons. The molecule has 0 radical (unpaired) electrons. The van der Waals surface area contributed by atoms with Crippen LogP contribution in [0.5, 0.6) is 0 Å². The van der Waals surface area contributed by atoms with Crippen LogP contribution in [0.15, 0.2) is 29.3 Å². The largest absolute Gasteiger partial charge is 0.416 e. The van der Waals surface area contributed by atoms with Crippen LogP contribution in [0.25, 0.3) is 0 Å². The number of guanidine groups is 1. The van der Waals surface area contributed by atoms with Crippen molar-refractivity contribution in [3.05, 3.63) is 35.4 Å². The van der Waals surface area contributed by atoms with Crippen molar-refractivity contribution in [1.82, 2.24) is 15.5 Å². The minimum absolute atomic E-state index is 0.118. The summed E-state index contributed by atoms with van der Waals surface area (Å²) in [4.78, 5) is 6.67. The number of rotatable bonds is 3. The van der Waals surface area contributed by atoms with Crippen molar-refractivity contribution in [1.29, 1.82) is 0 Å². The molecule has 0 aromatic heterocycles. The molecule has 7 heteroatoms. The van der Waals surface area contributed by atoms with E-state index in [1.54, 1.807) is 12.1 Å². The van der Waals surface area contributed by atoms with Crippen LogP contribution in [0.1, 0.15) is 36.4 Å². The van der Waals surface area contributed by atoms with E-state index < -0.39 is 11.7 Å². The molecular formula is C18H25F3N4. The summed E-state index contributed by atoms with van der Waals surface area (Å²) in [6.45, 7) is 3.49. The number of likely N-dealkylation sites (tertiary alicyclic amines) is 1. The van der Waals surface area contributed by atoms with Gasteiger partial charge in [-0.3, -0.25) is 9.89 Å². The van der Waals surface area contributed by atoms with Gasteiger partial charge in [-0.1, -0.05) is 12.1 Å². The van der Waals surface area contributed by atoms with Gasteiger partial charge in [0.25, 0.3) is 0 Å². The van der Waals surface area contributed by atoms with Gasteiger partial charge in [-0.25, -0.2) is 0 Å². The van der Waals surface area contributed by atoms with Crippen LogP contribution in [-0.4, -0.2) is 44.1 Å². The summed E-state index contributed by atoms with van der Waals surface area (Å²) in [5.74, 6) is 1.17. The van der Waals surface area contributed by atoms with E-state index in [2.05, 4.69) is 20.5 Å². The maximum Gasteiger partial charge on any atom is 0.416 e. The lowest BCUT2D eigenvalue weighted by Crippen LogP contribution is -2.46. The van der Waals surface area contributed by atoms with E-state index in [0.717, 1.165) is 57.0 Å². The van der Waals surface area contributed by atoms with Crippen LogP contribution in [0.4, 0.5) is 13.2 Å². The second-order valence-corrected chi connectivity index (χ2v) is 6.84. The van der Waals surface area contributed by atoms with E-state index in [4.69, 9.17) is 0 Å². The van der Waals surface area contributed by atoms with Crippen molar-refractivity contribution < 1.29 is 13.2 Å². The molecule has 2 aliphatic heterocycles. The Labute approximate surface area is 146 Å². The third-order valence-electron chi connectivity index (χ3n) is 5.02. The molecule has 0 amide bonds. The SMILES string of the molecule is CN1CCCC(CNC2=NCCCN2)C1c1ccc(C(F)(F)F)cc1. The summed E-state index contributed by atoms with van der Waals surface area (Å²) in [6.07, 6.45) is -1.09. The number of aliphatic imine (C=N–C) groups is 1. The van der Waals surface area contributed by atoms with E-state index in [-0.39, 0.29) is 6.04 Å². The van der Waals surface area contributed by atoms with Gasteiger partial charge in [0.2, 0.25) is 0 Å². The Morgan fingerprint density at radius 2 is 2.00 bits per heavy atom. The van der Waals surface area contributed by atoms with Crippen LogP contribution in [-0.2, 0) is 6.18 Å². The first kappa shape index (κ1) is 18.0. The third-order valence-corrected chi connectivity index (χ3v) is 5.02. The average molecular weight is 354 g/mol. The van der Waals surface area contributed by atoms with Gasteiger partial charge >= 0.3 is 6.18 Å². The van der Waals surface area contributed by atoms with Crippen LogP contribution in [0.2, 0.25) is 0 Å². The molecule has 0 saturated carbocycles. The molecule has 3 rings (SSSR count). The maximum absolute atomic E-state index is 12.8. The van der Waals surface area contributed by atoms with Crippen molar-refractivity contribution in [3.63, 3.8) is 0 Å². The molecule has 2 aliphatic rings. The Morgan fingerprint density at radius 1 is 1.24 bits per heavy atom. The van der Waals surface area contributed by atoms with Crippen molar-refractivity contribution >= 4 is 5.96 Å². The van der Waals surface area contributed by atoms with Crippen molar-refractivity contribution in [2.45, 2.75) is 31.5 Å². The molecule has 0 spiro atoms. The van der Waals surface area contributed by atoms with Gasteiger partial charge in [0.1, 0.15) is 0 Å². The number of alkyl halides is 3. The number of piperidine rings is 1. The summed E-state index contributed by atoms with van der Waals surface area (Å²) in [5.41, 5.74) is 0.352. The monoisotopic (exact) mass is 354 g/mol. The average Bonchev–Trinajstić information content (AvgIpc) is 2.60. The predicted molar refractivity (Wildman–Crippen MR) is 92.5 cm³/mol. The molecule has 2 heterocycles. The van der Waals surface area contributed by atoms with Crippen LogP contribution >= 0.6 is 0 Å². The summed E-state index contributed by atoms with van der Waals surface area (Å²) in [7, 11) is 2.05. The fraction of sp³-hybridized carbons (Fsp3) is 0.611. The molecule has 2 unspecified atom stereocenters. The second kappa shape index (κ2) is 7.64. The summed E-state index contributed by atoms with van der Waals surface area (Å²) < 4.78 is 38.4. The lowest BCUT2D eigenvalue weighted by molar-refractivity contribution is -0.137. The van der Waals surface area contributed by atoms with E-state index in [9.17, 15) is 13.2 Å². The first-order valence-electron chi connectivity index (χ1n) is 8.85. The Kier molecular flexibility index (Phi) is 5.51. The van der Waals surface area contributed by atoms with Gasteiger partial charge in [0.05, 0.1) is 5.56 Å². The fourth-order valence-corrected chi connectivity index (χ4v) is 3.75. The zero-order chi connectivity index (χ0) is 17.9. The Bertz CT molecular complexity index is 597. The smallest absolute Gasteiger partial charge is 0.356 e. The van der Waals surface area contributed by atoms with Gasteiger partial charge in [-0.15, -0.1) is 0 Å². The molecule has 2 N–H and O–H groups in total. The lowest BCUT2D eigenvalue weighted by Gasteiger charge is -2.40. The predicted octanol–water partition coefficient (Wildman–Crippen LogP) is 3.03. The van der Waals surface area contributed by atoms with Crippen LogP contribution in [0, 0.1) is 5.92 Å². The van der Waals surface area contributed by atoms with Gasteiger partial charge in [0, 0.05) is 25.7 Å². The summed E-state index contributed by atoms with van der Waals surface area (Å²) in [6, 6.07) is 5.74. The summed E-state index contributed by atoms with van der Waals surface area (Å²) in [5, 5.41) is 6.63.